The van der Waals surface area contributed by atoms with E-state index in [0.29, 0.717) is 56.3 Å². The van der Waals surface area contributed by atoms with Gasteiger partial charge in [-0.3, -0.25) is 14.9 Å². The van der Waals surface area contributed by atoms with E-state index in [-0.39, 0.29) is 63.5 Å². The number of carboxylic acids is 1. The molecule has 8 fully saturated rings. The monoisotopic (exact) mass is 700 g/mol. The molecule has 1 amide bonds. The van der Waals surface area contributed by atoms with Gasteiger partial charge in [-0.1, -0.05) is 34.6 Å². The molecule has 2 saturated heterocycles. The van der Waals surface area contributed by atoms with Crippen molar-refractivity contribution in [2.75, 3.05) is 26.2 Å². The molecule has 5 unspecified atom stereocenters. The predicted octanol–water partition coefficient (Wildman–Crippen LogP) is 4.59. The molecule has 6 saturated carbocycles. The molecular formula is C40H64N2O8. The molecule has 0 aromatic heterocycles. The molecule has 50 heavy (non-hydrogen) atoms. The standard InChI is InChI=1S/C40H64N2O8/c1-22-17-25(19-41-32(23(2)43)35(46)47)49-33-31(22)37(5)13-14-40-21-39(40)12-11-28(36(3,4)26(39)9-10-27(40)38(37,6)34(33)45)50-30-20-42(15-16-48-30)29(44)18-24-7-8-24/h22-28,30-34,41,43,45H,7-21H2,1-6H3,(H,46,47)/t22-,23+,25?,26?,27?,28+,30+,31+,32-,33?,34+,37-,38-,39-,40?/m1/s1. The lowest BCUT2D eigenvalue weighted by Gasteiger charge is -2.64. The number of rotatable bonds is 9. The summed E-state index contributed by atoms with van der Waals surface area (Å²) in [5.41, 5.74) is 0.200. The van der Waals surface area contributed by atoms with Crippen LogP contribution in [0.3, 0.4) is 0 Å². The van der Waals surface area contributed by atoms with Crippen LogP contribution in [-0.2, 0) is 23.8 Å². The molecule has 0 bridgehead atoms. The van der Waals surface area contributed by atoms with Crippen molar-refractivity contribution in [3.05, 3.63) is 0 Å². The van der Waals surface area contributed by atoms with Crippen LogP contribution in [0.5, 0.6) is 0 Å². The summed E-state index contributed by atoms with van der Waals surface area (Å²) in [7, 11) is 0. The Balaban J connectivity index is 0.975. The fraction of sp³-hybridized carbons (Fsp3) is 0.950. The Labute approximate surface area is 298 Å². The quantitative estimate of drug-likeness (QED) is 0.272. The summed E-state index contributed by atoms with van der Waals surface area (Å²) in [4.78, 5) is 26.6. The minimum atomic E-state index is -1.07. The Kier molecular flexibility index (Phi) is 8.65. The number of carbonyl (C=O) groups excluding carboxylic acids is 1. The maximum atomic E-state index is 12.9. The Morgan fingerprint density at radius 1 is 1.02 bits per heavy atom. The molecule has 8 rings (SSSR count). The van der Waals surface area contributed by atoms with E-state index in [0.717, 1.165) is 38.5 Å². The van der Waals surface area contributed by atoms with Crippen LogP contribution in [-0.4, -0.2) is 101 Å². The molecule has 0 aromatic carbocycles. The Morgan fingerprint density at radius 2 is 1.74 bits per heavy atom. The van der Waals surface area contributed by atoms with Crippen molar-refractivity contribution >= 4 is 11.9 Å². The lowest BCUT2D eigenvalue weighted by atomic mass is 9.41. The first-order chi connectivity index (χ1) is 23.6. The number of amides is 1. The number of aliphatic hydroxyl groups is 2. The summed E-state index contributed by atoms with van der Waals surface area (Å²) in [5.74, 6) is 1.35. The Bertz CT molecular complexity index is 1350. The largest absolute Gasteiger partial charge is 0.480 e. The minimum Gasteiger partial charge on any atom is -0.480 e. The molecule has 10 nitrogen and oxygen atoms in total. The number of carbonyl (C=O) groups is 2. The molecule has 0 radical (unpaired) electrons. The molecule has 0 aromatic rings. The van der Waals surface area contributed by atoms with Crippen LogP contribution < -0.4 is 5.32 Å². The van der Waals surface area contributed by atoms with Crippen LogP contribution in [0.2, 0.25) is 0 Å². The molecule has 10 heteroatoms. The number of nitrogens with one attached hydrogen (secondary N) is 1. The van der Waals surface area contributed by atoms with Gasteiger partial charge >= 0.3 is 5.97 Å². The minimum absolute atomic E-state index is 0.0158. The molecule has 2 spiro atoms. The van der Waals surface area contributed by atoms with Gasteiger partial charge in [0.15, 0.2) is 6.29 Å². The fourth-order valence-electron chi connectivity index (χ4n) is 14.3. The second-order valence-electron chi connectivity index (χ2n) is 19.5. The average Bonchev–Trinajstić information content (AvgIpc) is 3.97. The number of morpholine rings is 1. The molecule has 282 valence electrons. The zero-order valence-electron chi connectivity index (χ0n) is 31.4. The maximum absolute atomic E-state index is 12.9. The van der Waals surface area contributed by atoms with Crippen LogP contribution in [0.4, 0.5) is 0 Å². The second kappa shape index (κ2) is 12.1. The number of ether oxygens (including phenoxy) is 3. The van der Waals surface area contributed by atoms with E-state index in [1.165, 1.54) is 32.6 Å². The highest BCUT2D eigenvalue weighted by Crippen LogP contribution is 2.89. The molecule has 2 heterocycles. The highest BCUT2D eigenvalue weighted by Gasteiger charge is 2.84. The van der Waals surface area contributed by atoms with Crippen molar-refractivity contribution in [1.29, 1.82) is 0 Å². The maximum Gasteiger partial charge on any atom is 0.323 e. The van der Waals surface area contributed by atoms with E-state index >= 15 is 0 Å². The van der Waals surface area contributed by atoms with Gasteiger partial charge in [0.25, 0.3) is 0 Å². The number of aliphatic hydroxyl groups excluding tert-OH is 2. The zero-order chi connectivity index (χ0) is 35.6. The summed E-state index contributed by atoms with van der Waals surface area (Å²) >= 11 is 0. The molecule has 6 aliphatic carbocycles. The summed E-state index contributed by atoms with van der Waals surface area (Å²) in [6.07, 6.45) is 9.51. The topological polar surface area (TPSA) is 138 Å². The first-order valence-electron chi connectivity index (χ1n) is 20.1. The van der Waals surface area contributed by atoms with Crippen LogP contribution in [0.25, 0.3) is 0 Å². The molecule has 2 aliphatic heterocycles. The summed E-state index contributed by atoms with van der Waals surface area (Å²) in [5, 5.41) is 35.1. The van der Waals surface area contributed by atoms with Gasteiger partial charge in [-0.05, 0) is 122 Å². The molecule has 15 atom stereocenters. The Morgan fingerprint density at radius 3 is 2.44 bits per heavy atom. The summed E-state index contributed by atoms with van der Waals surface area (Å²) < 4.78 is 19.7. The lowest BCUT2D eigenvalue weighted by Crippen LogP contribution is -2.60. The number of fused-ring (bicyclic) bond motifs is 4. The van der Waals surface area contributed by atoms with Crippen LogP contribution in [0.1, 0.15) is 112 Å². The van der Waals surface area contributed by atoms with E-state index in [9.17, 15) is 24.9 Å². The van der Waals surface area contributed by atoms with E-state index < -0.39 is 24.2 Å². The van der Waals surface area contributed by atoms with Gasteiger partial charge in [0, 0.05) is 24.9 Å². The van der Waals surface area contributed by atoms with Crippen LogP contribution in [0, 0.1) is 56.7 Å². The van der Waals surface area contributed by atoms with Crippen molar-refractivity contribution in [1.82, 2.24) is 10.2 Å². The van der Waals surface area contributed by atoms with Gasteiger partial charge in [-0.15, -0.1) is 0 Å². The van der Waals surface area contributed by atoms with Crippen molar-refractivity contribution < 1.29 is 39.1 Å². The zero-order valence-corrected chi connectivity index (χ0v) is 31.4. The van der Waals surface area contributed by atoms with E-state index in [2.05, 4.69) is 39.9 Å². The van der Waals surface area contributed by atoms with Gasteiger partial charge in [-0.25, -0.2) is 0 Å². The molecular weight excluding hydrogens is 636 g/mol. The predicted molar refractivity (Wildman–Crippen MR) is 186 cm³/mol. The molecule has 8 aliphatic rings. The van der Waals surface area contributed by atoms with E-state index in [1.54, 1.807) is 0 Å². The Hall–Kier alpha value is -1.30. The number of aliphatic carboxylic acids is 1. The van der Waals surface area contributed by atoms with Crippen molar-refractivity contribution in [2.45, 2.75) is 155 Å². The fourth-order valence-corrected chi connectivity index (χ4v) is 14.3. The van der Waals surface area contributed by atoms with Gasteiger partial charge in [-0.2, -0.15) is 0 Å². The van der Waals surface area contributed by atoms with E-state index in [4.69, 9.17) is 14.2 Å². The number of hydrogen-bond acceptors (Lipinski definition) is 8. The van der Waals surface area contributed by atoms with Crippen molar-refractivity contribution in [3.8, 4) is 0 Å². The highest BCUT2D eigenvalue weighted by molar-refractivity contribution is 5.76. The van der Waals surface area contributed by atoms with Gasteiger partial charge < -0.3 is 34.4 Å². The number of nitrogens with zero attached hydrogens (tertiary/aromatic N) is 1. The van der Waals surface area contributed by atoms with E-state index in [1.807, 2.05) is 4.90 Å². The van der Waals surface area contributed by atoms with Crippen LogP contribution in [0.15, 0.2) is 0 Å². The number of carboxylic acid groups (broad SMARTS) is 1. The summed E-state index contributed by atoms with van der Waals surface area (Å²) in [6.45, 7) is 15.6. The second-order valence-corrected chi connectivity index (χ2v) is 19.5. The first-order valence-corrected chi connectivity index (χ1v) is 20.1. The normalized spacial score (nSPS) is 50.2. The smallest absolute Gasteiger partial charge is 0.323 e. The lowest BCUT2D eigenvalue weighted by molar-refractivity contribution is -0.248. The van der Waals surface area contributed by atoms with Gasteiger partial charge in [0.2, 0.25) is 5.91 Å². The van der Waals surface area contributed by atoms with Crippen molar-refractivity contribution in [3.63, 3.8) is 0 Å². The SMILES string of the molecule is C[C@H](O)[C@@H](NCC1C[C@@H](C)[C@H]2C(O1)[C@H](O)[C@@]1(C)C3CCC4C(C)(C)[C@@H](O[C@H]5CN(C(=O)CC6CC6)CCO5)CC[C@@]45CC35CC[C@]21C)C(=O)O. The number of hydrogen-bond donors (Lipinski definition) is 4. The average molecular weight is 701 g/mol. The van der Waals surface area contributed by atoms with Gasteiger partial charge in [0.1, 0.15) is 6.04 Å². The van der Waals surface area contributed by atoms with Gasteiger partial charge in [0.05, 0.1) is 43.7 Å². The summed E-state index contributed by atoms with van der Waals surface area (Å²) in [6, 6.07) is -1.05. The third kappa shape index (κ3) is 5.07. The molecule has 4 N–H and O–H groups in total. The van der Waals surface area contributed by atoms with Crippen molar-refractivity contribution in [2.24, 2.45) is 56.7 Å². The third-order valence-corrected chi connectivity index (χ3v) is 17.0. The van der Waals surface area contributed by atoms with Crippen LogP contribution >= 0.6 is 0 Å². The third-order valence-electron chi connectivity index (χ3n) is 17.0. The first kappa shape index (κ1) is 35.7. The highest BCUT2D eigenvalue weighted by atomic mass is 16.7.